The van der Waals surface area contributed by atoms with Gasteiger partial charge in [0.05, 0.1) is 7.11 Å². The molecule has 0 N–H and O–H groups in total. The molecule has 0 spiro atoms. The monoisotopic (exact) mass is 222 g/mol. The number of rotatable bonds is 3. The Morgan fingerprint density at radius 3 is 2.75 bits per heavy atom. The van der Waals surface area contributed by atoms with E-state index in [1.165, 1.54) is 19.5 Å². The van der Waals surface area contributed by atoms with Crippen LogP contribution in [0, 0.1) is 5.92 Å². The Labute approximate surface area is 93.8 Å². The summed E-state index contributed by atoms with van der Waals surface area (Å²) in [7, 11) is 1.49. The number of ether oxygens (including phenoxy) is 2. The molecule has 0 bridgehead atoms. The predicted molar refractivity (Wildman–Crippen MR) is 56.5 cm³/mol. The summed E-state index contributed by atoms with van der Waals surface area (Å²) in [6.07, 6.45) is 4.52. The van der Waals surface area contributed by atoms with E-state index in [0.717, 1.165) is 12.8 Å². The lowest BCUT2D eigenvalue weighted by Crippen LogP contribution is -2.24. The second-order valence-corrected chi connectivity index (χ2v) is 3.67. The molecule has 5 heteroatoms. The fraction of sp³-hybridized carbons (Fsp3) is 0.545. The first-order chi connectivity index (χ1) is 7.83. The molecule has 0 aliphatic carbocycles. The first-order valence-corrected chi connectivity index (χ1v) is 5.30. The molecule has 16 heavy (non-hydrogen) atoms. The van der Waals surface area contributed by atoms with Crippen molar-refractivity contribution in [2.24, 2.45) is 5.92 Å². The van der Waals surface area contributed by atoms with E-state index in [2.05, 4.69) is 9.97 Å². The van der Waals surface area contributed by atoms with Crippen LogP contribution in [0.1, 0.15) is 23.3 Å². The van der Waals surface area contributed by atoms with Gasteiger partial charge in [-0.05, 0) is 12.8 Å². The maximum absolute atomic E-state index is 12.1. The van der Waals surface area contributed by atoms with Gasteiger partial charge in [0.15, 0.2) is 11.5 Å². The Morgan fingerprint density at radius 2 is 2.06 bits per heavy atom. The molecule has 1 fully saturated rings. The number of hydrogen-bond acceptors (Lipinski definition) is 5. The van der Waals surface area contributed by atoms with Crippen molar-refractivity contribution in [3.63, 3.8) is 0 Å². The van der Waals surface area contributed by atoms with Crippen LogP contribution in [-0.4, -0.2) is 36.1 Å². The highest BCUT2D eigenvalue weighted by atomic mass is 16.5. The van der Waals surface area contributed by atoms with Gasteiger partial charge < -0.3 is 9.47 Å². The predicted octanol–water partition coefficient (Wildman–Crippen LogP) is 1.09. The molecule has 86 valence electrons. The van der Waals surface area contributed by atoms with Gasteiger partial charge in [-0.2, -0.15) is 0 Å². The van der Waals surface area contributed by atoms with Crippen molar-refractivity contribution in [3.05, 3.63) is 18.1 Å². The largest absolute Gasteiger partial charge is 0.479 e. The standard InChI is InChI=1S/C11H14N2O3/c1-15-11-9(12-4-5-13-11)10(14)8-2-6-16-7-3-8/h4-5,8H,2-3,6-7H2,1H3. The zero-order chi connectivity index (χ0) is 11.4. The quantitative estimate of drug-likeness (QED) is 0.716. The Balaban J connectivity index is 2.19. The third kappa shape index (κ3) is 2.19. The maximum Gasteiger partial charge on any atom is 0.243 e. The highest BCUT2D eigenvalue weighted by Crippen LogP contribution is 2.22. The lowest BCUT2D eigenvalue weighted by atomic mass is 9.93. The van der Waals surface area contributed by atoms with Crippen molar-refractivity contribution in [2.45, 2.75) is 12.8 Å². The number of hydrogen-bond donors (Lipinski definition) is 0. The molecular weight excluding hydrogens is 208 g/mol. The summed E-state index contributed by atoms with van der Waals surface area (Å²) in [5.41, 5.74) is 0.330. The number of carbonyl (C=O) groups is 1. The molecule has 2 heterocycles. The highest BCUT2D eigenvalue weighted by Gasteiger charge is 2.26. The fourth-order valence-corrected chi connectivity index (χ4v) is 1.80. The van der Waals surface area contributed by atoms with Crippen LogP contribution in [0.3, 0.4) is 0 Å². The Bertz CT molecular complexity index is 375. The highest BCUT2D eigenvalue weighted by molar-refractivity contribution is 5.97. The summed E-state index contributed by atoms with van der Waals surface area (Å²) < 4.78 is 10.3. The Kier molecular flexibility index (Phi) is 3.46. The molecule has 0 radical (unpaired) electrons. The van der Waals surface area contributed by atoms with Gasteiger partial charge in [-0.1, -0.05) is 0 Å². The molecule has 1 aliphatic heterocycles. The van der Waals surface area contributed by atoms with Gasteiger partial charge in [-0.25, -0.2) is 9.97 Å². The normalized spacial score (nSPS) is 17.1. The van der Waals surface area contributed by atoms with E-state index >= 15 is 0 Å². The van der Waals surface area contributed by atoms with E-state index in [1.54, 1.807) is 0 Å². The molecule has 0 unspecified atom stereocenters. The van der Waals surface area contributed by atoms with Gasteiger partial charge in [-0.3, -0.25) is 4.79 Å². The molecule has 1 aromatic heterocycles. The van der Waals surface area contributed by atoms with E-state index in [0.29, 0.717) is 24.8 Å². The second kappa shape index (κ2) is 5.03. The Hall–Kier alpha value is -1.49. The summed E-state index contributed by atoms with van der Waals surface area (Å²) >= 11 is 0. The van der Waals surface area contributed by atoms with E-state index in [4.69, 9.17) is 9.47 Å². The van der Waals surface area contributed by atoms with Crippen molar-refractivity contribution < 1.29 is 14.3 Å². The lowest BCUT2D eigenvalue weighted by molar-refractivity contribution is 0.0539. The van der Waals surface area contributed by atoms with Crippen LogP contribution in [0.4, 0.5) is 0 Å². The summed E-state index contributed by atoms with van der Waals surface area (Å²) in [5.74, 6) is 0.298. The molecule has 1 saturated heterocycles. The first-order valence-electron chi connectivity index (χ1n) is 5.30. The van der Waals surface area contributed by atoms with E-state index in [1.807, 2.05) is 0 Å². The smallest absolute Gasteiger partial charge is 0.243 e. The number of nitrogens with zero attached hydrogens (tertiary/aromatic N) is 2. The topological polar surface area (TPSA) is 61.3 Å². The zero-order valence-corrected chi connectivity index (χ0v) is 9.18. The molecule has 5 nitrogen and oxygen atoms in total. The van der Waals surface area contributed by atoms with Crippen LogP contribution in [0.15, 0.2) is 12.4 Å². The van der Waals surface area contributed by atoms with Gasteiger partial charge >= 0.3 is 0 Å². The number of Topliss-reactive ketones (excluding diaryl/α,β-unsaturated/α-hetero) is 1. The first kappa shape index (κ1) is 11.0. The Morgan fingerprint density at radius 1 is 1.38 bits per heavy atom. The minimum absolute atomic E-state index is 0.00764. The number of carbonyl (C=O) groups excluding carboxylic acids is 1. The summed E-state index contributed by atoms with van der Waals surface area (Å²) in [6, 6.07) is 0. The molecule has 1 aromatic rings. The molecule has 0 aromatic carbocycles. The molecule has 0 atom stereocenters. The zero-order valence-electron chi connectivity index (χ0n) is 9.18. The van der Waals surface area contributed by atoms with Crippen molar-refractivity contribution in [1.29, 1.82) is 0 Å². The molecule has 0 saturated carbocycles. The van der Waals surface area contributed by atoms with Crippen molar-refractivity contribution in [1.82, 2.24) is 9.97 Å². The van der Waals surface area contributed by atoms with Crippen LogP contribution in [0.5, 0.6) is 5.88 Å². The summed E-state index contributed by atoms with van der Waals surface area (Å²) in [4.78, 5) is 20.2. The minimum atomic E-state index is -0.0145. The van der Waals surface area contributed by atoms with Gasteiger partial charge in [0.25, 0.3) is 0 Å². The number of aromatic nitrogens is 2. The van der Waals surface area contributed by atoms with E-state index < -0.39 is 0 Å². The third-order valence-corrected chi connectivity index (χ3v) is 2.68. The van der Waals surface area contributed by atoms with Gasteiger partial charge in [-0.15, -0.1) is 0 Å². The van der Waals surface area contributed by atoms with Gasteiger partial charge in [0.2, 0.25) is 5.88 Å². The number of methoxy groups -OCH3 is 1. The van der Waals surface area contributed by atoms with Crippen LogP contribution in [0.2, 0.25) is 0 Å². The van der Waals surface area contributed by atoms with Crippen LogP contribution in [-0.2, 0) is 4.74 Å². The molecule has 0 amide bonds. The van der Waals surface area contributed by atoms with E-state index in [9.17, 15) is 4.79 Å². The SMILES string of the molecule is COc1nccnc1C(=O)C1CCOCC1. The van der Waals surface area contributed by atoms with Crippen molar-refractivity contribution >= 4 is 5.78 Å². The molecule has 2 rings (SSSR count). The fourth-order valence-electron chi connectivity index (χ4n) is 1.80. The molecular formula is C11H14N2O3. The van der Waals surface area contributed by atoms with Gasteiger partial charge in [0, 0.05) is 31.5 Å². The van der Waals surface area contributed by atoms with E-state index in [-0.39, 0.29) is 11.7 Å². The average Bonchev–Trinajstić information content (AvgIpc) is 2.39. The summed E-state index contributed by atoms with van der Waals surface area (Å²) in [6.45, 7) is 1.28. The van der Waals surface area contributed by atoms with Crippen molar-refractivity contribution in [2.75, 3.05) is 20.3 Å². The lowest BCUT2D eigenvalue weighted by Gasteiger charge is -2.20. The van der Waals surface area contributed by atoms with Crippen LogP contribution >= 0.6 is 0 Å². The third-order valence-electron chi connectivity index (χ3n) is 2.68. The van der Waals surface area contributed by atoms with Crippen LogP contribution < -0.4 is 4.74 Å². The minimum Gasteiger partial charge on any atom is -0.479 e. The summed E-state index contributed by atoms with van der Waals surface area (Å²) in [5, 5.41) is 0. The number of ketones is 1. The second-order valence-electron chi connectivity index (χ2n) is 3.67. The van der Waals surface area contributed by atoms with Gasteiger partial charge in [0.1, 0.15) is 0 Å². The van der Waals surface area contributed by atoms with Crippen LogP contribution in [0.25, 0.3) is 0 Å². The molecule has 1 aliphatic rings. The average molecular weight is 222 g/mol. The maximum atomic E-state index is 12.1. The van der Waals surface area contributed by atoms with Crippen molar-refractivity contribution in [3.8, 4) is 5.88 Å².